The molecule has 0 aliphatic heterocycles. The van der Waals surface area contributed by atoms with Crippen LogP contribution in [0.25, 0.3) is 27.8 Å². The van der Waals surface area contributed by atoms with Crippen molar-refractivity contribution >= 4 is 43.0 Å². The minimum atomic E-state index is -3.29. The molecule has 1 N–H and O–H groups in total. The van der Waals surface area contributed by atoms with E-state index in [0.717, 1.165) is 55.8 Å². The van der Waals surface area contributed by atoms with Crippen molar-refractivity contribution in [1.29, 1.82) is 0 Å². The van der Waals surface area contributed by atoms with Crippen LogP contribution in [-0.4, -0.2) is 52.8 Å². The van der Waals surface area contributed by atoms with Crippen LogP contribution in [0.3, 0.4) is 0 Å². The minimum absolute atomic E-state index is 0.278. The molecule has 0 saturated carbocycles. The van der Waals surface area contributed by atoms with Crippen molar-refractivity contribution in [3.8, 4) is 28.0 Å². The zero-order chi connectivity index (χ0) is 36.1. The van der Waals surface area contributed by atoms with Crippen LogP contribution >= 0.6 is 11.8 Å². The molecule has 10 heteroatoms. The Morgan fingerprint density at radius 1 is 0.660 bits per heavy atom. The highest BCUT2D eigenvalue weighted by atomic mass is 32.2. The van der Waals surface area contributed by atoms with Gasteiger partial charge in [-0.25, -0.2) is 21.6 Å². The number of aryl methyl sites for hydroxylation is 1. The molecule has 5 rings (SSSR count). The molecule has 0 aliphatic carbocycles. The van der Waals surface area contributed by atoms with Gasteiger partial charge in [0.25, 0.3) is 0 Å². The quantitative estimate of drug-likeness (QED) is 0.120. The fraction of sp³-hybridized carbons (Fsp3) is 0.175. The van der Waals surface area contributed by atoms with Crippen molar-refractivity contribution in [2.24, 2.45) is 0 Å². The summed E-state index contributed by atoms with van der Waals surface area (Å²) in [4.78, 5) is 12.6. The summed E-state index contributed by atoms with van der Waals surface area (Å²) in [7, 11) is -6.58. The summed E-state index contributed by atoms with van der Waals surface area (Å²) in [5.41, 5.74) is 9.04. The van der Waals surface area contributed by atoms with Gasteiger partial charge in [0.05, 0.1) is 9.79 Å². The van der Waals surface area contributed by atoms with Crippen LogP contribution in [0.5, 0.6) is 5.75 Å². The Morgan fingerprint density at radius 2 is 1.08 bits per heavy atom. The molecule has 0 spiro atoms. The minimum Gasteiger partial charge on any atom is -0.482 e. The van der Waals surface area contributed by atoms with Crippen molar-refractivity contribution in [2.75, 3.05) is 24.9 Å². The zero-order valence-corrected chi connectivity index (χ0v) is 30.7. The number of hydrogen-bond acceptors (Lipinski definition) is 7. The number of aliphatic carboxylic acids is 1. The number of carboxylic acids is 1. The molecule has 7 nitrogen and oxygen atoms in total. The number of rotatable bonds is 13. The molecule has 5 aromatic carbocycles. The molecule has 0 atom stereocenters. The first-order valence-electron chi connectivity index (χ1n) is 15.8. The predicted octanol–water partition coefficient (Wildman–Crippen LogP) is 8.60. The Balaban J connectivity index is 1.49. The first-order chi connectivity index (χ1) is 23.7. The van der Waals surface area contributed by atoms with Crippen LogP contribution < -0.4 is 4.74 Å². The molecular weight excluding hydrogens is 689 g/mol. The van der Waals surface area contributed by atoms with Gasteiger partial charge in [-0.2, -0.15) is 0 Å². The summed E-state index contributed by atoms with van der Waals surface area (Å²) in [5, 5.41) is 8.98. The van der Waals surface area contributed by atoms with E-state index in [4.69, 9.17) is 9.84 Å². The lowest BCUT2D eigenvalue weighted by Gasteiger charge is -2.17. The summed E-state index contributed by atoms with van der Waals surface area (Å²) in [6.07, 6.45) is 3.19. The van der Waals surface area contributed by atoms with E-state index in [2.05, 4.69) is 31.2 Å². The molecule has 0 amide bonds. The smallest absolute Gasteiger partial charge is 0.341 e. The van der Waals surface area contributed by atoms with Crippen molar-refractivity contribution in [3.63, 3.8) is 0 Å². The fourth-order valence-corrected chi connectivity index (χ4v) is 7.93. The third kappa shape index (κ3) is 9.12. The van der Waals surface area contributed by atoms with Crippen molar-refractivity contribution in [1.82, 2.24) is 0 Å². The topological polar surface area (TPSA) is 115 Å². The number of thioether (sulfide) groups is 1. The van der Waals surface area contributed by atoms with E-state index in [0.29, 0.717) is 11.5 Å². The lowest BCUT2D eigenvalue weighted by molar-refractivity contribution is -0.139. The van der Waals surface area contributed by atoms with Gasteiger partial charge < -0.3 is 9.84 Å². The molecule has 258 valence electrons. The first kappa shape index (κ1) is 36.6. The van der Waals surface area contributed by atoms with Gasteiger partial charge in [0.15, 0.2) is 26.3 Å². The highest BCUT2D eigenvalue weighted by molar-refractivity contribution is 7.99. The van der Waals surface area contributed by atoms with Crippen molar-refractivity contribution in [2.45, 2.75) is 35.0 Å². The average molecular weight is 727 g/mol. The molecule has 0 bridgehead atoms. The Kier molecular flexibility index (Phi) is 11.4. The zero-order valence-electron chi connectivity index (χ0n) is 28.2. The largest absolute Gasteiger partial charge is 0.482 e. The molecule has 0 unspecified atom stereocenters. The number of carbonyl (C=O) groups is 1. The Hall–Kier alpha value is -4.64. The van der Waals surface area contributed by atoms with Crippen LogP contribution in [0.2, 0.25) is 0 Å². The van der Waals surface area contributed by atoms with E-state index in [9.17, 15) is 21.6 Å². The third-order valence-electron chi connectivity index (χ3n) is 8.27. The lowest BCUT2D eigenvalue weighted by atomic mass is 9.90. The van der Waals surface area contributed by atoms with E-state index in [-0.39, 0.29) is 9.79 Å². The summed E-state index contributed by atoms with van der Waals surface area (Å²) >= 11 is 1.70. The third-order valence-corrected chi connectivity index (χ3v) is 11.6. The maximum atomic E-state index is 11.9. The molecule has 0 radical (unpaired) electrons. The second-order valence-electron chi connectivity index (χ2n) is 12.0. The van der Waals surface area contributed by atoms with E-state index in [1.165, 1.54) is 18.1 Å². The molecule has 50 heavy (non-hydrogen) atoms. The Morgan fingerprint density at radius 3 is 1.44 bits per heavy atom. The van der Waals surface area contributed by atoms with Crippen LogP contribution in [-0.2, 0) is 24.5 Å². The van der Waals surface area contributed by atoms with E-state index >= 15 is 0 Å². The maximum Gasteiger partial charge on any atom is 0.341 e. The van der Waals surface area contributed by atoms with Crippen LogP contribution in [0.4, 0.5) is 0 Å². The first-order valence-corrected chi connectivity index (χ1v) is 20.6. The number of benzene rings is 5. The van der Waals surface area contributed by atoms with Gasteiger partial charge in [-0.1, -0.05) is 85.3 Å². The number of hydrogen-bond donors (Lipinski definition) is 1. The summed E-state index contributed by atoms with van der Waals surface area (Å²) in [6.45, 7) is 3.64. The van der Waals surface area contributed by atoms with Gasteiger partial charge in [-0.05, 0) is 100 Å². The molecule has 5 aromatic rings. The summed E-state index contributed by atoms with van der Waals surface area (Å²) in [5.74, 6) is 0.231. The Bertz CT molecular complexity index is 2120. The predicted molar refractivity (Wildman–Crippen MR) is 201 cm³/mol. The molecule has 0 aromatic heterocycles. The molecule has 0 heterocycles. The molecule has 0 saturated heterocycles. The van der Waals surface area contributed by atoms with Crippen molar-refractivity contribution in [3.05, 3.63) is 138 Å². The lowest BCUT2D eigenvalue weighted by Crippen LogP contribution is -2.10. The van der Waals surface area contributed by atoms with Gasteiger partial charge in [0.1, 0.15) is 5.75 Å². The summed E-state index contributed by atoms with van der Waals surface area (Å²) in [6, 6.07) is 36.0. The number of ether oxygens (including phenoxy) is 1. The highest BCUT2D eigenvalue weighted by Crippen LogP contribution is 2.36. The van der Waals surface area contributed by atoms with E-state index < -0.39 is 32.3 Å². The van der Waals surface area contributed by atoms with Gasteiger partial charge in [0.2, 0.25) is 0 Å². The Labute approximate surface area is 298 Å². The number of carboxylic acid groups (broad SMARTS) is 1. The van der Waals surface area contributed by atoms with E-state index in [1.807, 2.05) is 67.6 Å². The highest BCUT2D eigenvalue weighted by Gasteiger charge is 2.15. The van der Waals surface area contributed by atoms with Crippen molar-refractivity contribution < 1.29 is 31.5 Å². The van der Waals surface area contributed by atoms with Crippen LogP contribution in [0, 0.1) is 6.92 Å². The molecule has 0 aliphatic rings. The average Bonchev–Trinajstić information content (AvgIpc) is 3.09. The molecule has 0 fully saturated rings. The normalized spacial score (nSPS) is 11.6. The monoisotopic (exact) mass is 726 g/mol. The molecular formula is C40H38O7S3. The van der Waals surface area contributed by atoms with Gasteiger partial charge in [-0.3, -0.25) is 0 Å². The van der Waals surface area contributed by atoms with E-state index in [1.54, 1.807) is 42.1 Å². The van der Waals surface area contributed by atoms with Gasteiger partial charge in [0, 0.05) is 23.2 Å². The standard InChI is InChI=1S/C40H38O7S3/c1-5-28(26-48-35-18-23-38(27(2)24-35)47-25-39(41)42)40(33-10-6-29(7-11-33)31-14-19-36(20-15-31)49(3,43)44)34-12-8-30(9-13-34)32-16-21-37(22-17-32)50(4,45)46/h6-24H,5,25-26H2,1-4H3,(H,41,42). The second kappa shape index (κ2) is 15.5. The van der Waals surface area contributed by atoms with Crippen LogP contribution in [0.1, 0.15) is 30.0 Å². The number of sulfone groups is 2. The van der Waals surface area contributed by atoms with Gasteiger partial charge in [-0.15, -0.1) is 11.8 Å². The van der Waals surface area contributed by atoms with Gasteiger partial charge >= 0.3 is 5.97 Å². The fourth-order valence-electron chi connectivity index (χ4n) is 5.56. The SMILES string of the molecule is CCC(CSc1ccc(OCC(=O)O)c(C)c1)=C(c1ccc(-c2ccc(S(C)(=O)=O)cc2)cc1)c1ccc(-c2ccc(S(C)(=O)=O)cc2)cc1. The summed E-state index contributed by atoms with van der Waals surface area (Å²) < 4.78 is 53.2. The van der Waals surface area contributed by atoms with Crippen LogP contribution in [0.15, 0.2) is 136 Å². The second-order valence-corrected chi connectivity index (χ2v) is 17.1. The maximum absolute atomic E-state index is 11.9.